The zero-order valence-corrected chi connectivity index (χ0v) is 16.4. The van der Waals surface area contributed by atoms with Crippen LogP contribution in [0, 0.1) is 0 Å². The predicted octanol–water partition coefficient (Wildman–Crippen LogP) is -0.253. The Hall–Kier alpha value is -2.76. The highest BCUT2D eigenvalue weighted by molar-refractivity contribution is 8.00. The first-order chi connectivity index (χ1) is 13.9. The molecule has 0 unspecified atom stereocenters. The Morgan fingerprint density at radius 2 is 2.00 bits per heavy atom. The standard InChI is InChI=1S/C18H20N2O8S/c1-26-9-3-4-10(11(7-9)27-2)17(24)28-15-14(23)12(8-21)29-16(15)20-6-5-13(22)19-18(20)25/h3-7,12,14-16,21,23H,8H2,1-2H3,(H,19,22,25)/t12-,14-,15-,16-/m1/s1. The van der Waals surface area contributed by atoms with Crippen LogP contribution in [0.5, 0.6) is 11.5 Å². The minimum atomic E-state index is -1.23. The van der Waals surface area contributed by atoms with Crippen molar-refractivity contribution in [3.8, 4) is 11.5 Å². The summed E-state index contributed by atoms with van der Waals surface area (Å²) in [6, 6.07) is 5.67. The molecule has 0 aliphatic carbocycles. The summed E-state index contributed by atoms with van der Waals surface area (Å²) in [7, 11) is 2.86. The van der Waals surface area contributed by atoms with Crippen molar-refractivity contribution in [2.45, 2.75) is 22.8 Å². The number of thioether (sulfide) groups is 1. The Balaban J connectivity index is 1.93. The van der Waals surface area contributed by atoms with Gasteiger partial charge in [0.15, 0.2) is 6.10 Å². The quantitative estimate of drug-likeness (QED) is 0.535. The van der Waals surface area contributed by atoms with Crippen LogP contribution in [0.2, 0.25) is 0 Å². The lowest BCUT2D eigenvalue weighted by Crippen LogP contribution is -2.40. The Morgan fingerprint density at radius 1 is 1.24 bits per heavy atom. The van der Waals surface area contributed by atoms with E-state index >= 15 is 0 Å². The van der Waals surface area contributed by atoms with Crippen LogP contribution in [-0.2, 0) is 4.74 Å². The number of esters is 1. The number of methoxy groups -OCH3 is 2. The average molecular weight is 424 g/mol. The first kappa shape index (κ1) is 21.0. The van der Waals surface area contributed by atoms with Crippen LogP contribution >= 0.6 is 11.8 Å². The molecule has 0 radical (unpaired) electrons. The van der Waals surface area contributed by atoms with Crippen molar-refractivity contribution in [3.05, 3.63) is 56.9 Å². The van der Waals surface area contributed by atoms with Gasteiger partial charge in [0, 0.05) is 18.3 Å². The number of benzene rings is 1. The number of ether oxygens (including phenoxy) is 3. The van der Waals surface area contributed by atoms with E-state index in [1.54, 1.807) is 6.07 Å². The van der Waals surface area contributed by atoms with Crippen molar-refractivity contribution in [1.82, 2.24) is 9.55 Å². The van der Waals surface area contributed by atoms with Crippen LogP contribution in [-0.4, -0.2) is 64.0 Å². The van der Waals surface area contributed by atoms with Crippen molar-refractivity contribution < 1.29 is 29.2 Å². The molecule has 1 saturated heterocycles. The summed E-state index contributed by atoms with van der Waals surface area (Å²) in [5.41, 5.74) is -1.20. The van der Waals surface area contributed by atoms with E-state index in [-0.39, 0.29) is 17.9 Å². The first-order valence-corrected chi connectivity index (χ1v) is 9.52. The highest BCUT2D eigenvalue weighted by Gasteiger charge is 2.47. The van der Waals surface area contributed by atoms with Crippen molar-refractivity contribution in [2.24, 2.45) is 0 Å². The zero-order valence-electron chi connectivity index (χ0n) is 15.6. The smallest absolute Gasteiger partial charge is 0.342 e. The highest BCUT2D eigenvalue weighted by atomic mass is 32.2. The molecule has 4 atom stereocenters. The molecule has 1 aromatic carbocycles. The maximum absolute atomic E-state index is 12.8. The maximum Gasteiger partial charge on any atom is 0.342 e. The number of aromatic nitrogens is 2. The van der Waals surface area contributed by atoms with Gasteiger partial charge in [-0.3, -0.25) is 14.3 Å². The Labute approximate surface area is 169 Å². The first-order valence-electron chi connectivity index (χ1n) is 8.58. The molecule has 1 aromatic heterocycles. The van der Waals surface area contributed by atoms with E-state index in [0.29, 0.717) is 5.75 Å². The summed E-state index contributed by atoms with van der Waals surface area (Å²) in [6.07, 6.45) is -1.14. The monoisotopic (exact) mass is 424 g/mol. The van der Waals surface area contributed by atoms with Crippen molar-refractivity contribution >= 4 is 17.7 Å². The topological polar surface area (TPSA) is 140 Å². The van der Waals surface area contributed by atoms with Crippen LogP contribution in [0.3, 0.4) is 0 Å². The molecule has 0 spiro atoms. The molecule has 3 rings (SSSR count). The van der Waals surface area contributed by atoms with Crippen LogP contribution in [0.1, 0.15) is 15.7 Å². The number of aliphatic hydroxyl groups excluding tert-OH is 2. The van der Waals surface area contributed by atoms with Gasteiger partial charge < -0.3 is 24.4 Å². The van der Waals surface area contributed by atoms with Crippen LogP contribution in [0.25, 0.3) is 0 Å². The number of carbonyl (C=O) groups excluding carboxylic acids is 1. The molecule has 1 aliphatic heterocycles. The summed E-state index contributed by atoms with van der Waals surface area (Å²) < 4.78 is 17.0. The molecular formula is C18H20N2O8S. The summed E-state index contributed by atoms with van der Waals surface area (Å²) in [4.78, 5) is 38.4. The van der Waals surface area contributed by atoms with E-state index in [2.05, 4.69) is 4.98 Å². The van der Waals surface area contributed by atoms with E-state index in [9.17, 15) is 24.6 Å². The van der Waals surface area contributed by atoms with Crippen LogP contribution < -0.4 is 20.7 Å². The van der Waals surface area contributed by atoms with Gasteiger partial charge in [-0.25, -0.2) is 9.59 Å². The number of H-pyrrole nitrogens is 1. The van der Waals surface area contributed by atoms with E-state index in [1.165, 1.54) is 32.5 Å². The Kier molecular flexibility index (Phi) is 6.30. The second-order valence-corrected chi connectivity index (χ2v) is 7.55. The normalized spacial score (nSPS) is 23.6. The van der Waals surface area contributed by atoms with E-state index in [1.807, 2.05) is 0 Å². The van der Waals surface area contributed by atoms with Gasteiger partial charge in [0.1, 0.15) is 28.5 Å². The Morgan fingerprint density at radius 3 is 2.62 bits per heavy atom. The molecule has 2 heterocycles. The number of rotatable bonds is 6. The third-order valence-corrected chi connectivity index (χ3v) is 6.04. The van der Waals surface area contributed by atoms with Crippen molar-refractivity contribution in [2.75, 3.05) is 20.8 Å². The number of nitrogens with zero attached hydrogens (tertiary/aromatic N) is 1. The molecular weight excluding hydrogens is 404 g/mol. The lowest BCUT2D eigenvalue weighted by Gasteiger charge is -2.23. The van der Waals surface area contributed by atoms with E-state index in [0.717, 1.165) is 22.4 Å². The largest absolute Gasteiger partial charge is 0.497 e. The van der Waals surface area contributed by atoms with Gasteiger partial charge in [-0.05, 0) is 12.1 Å². The van der Waals surface area contributed by atoms with Gasteiger partial charge in [-0.1, -0.05) is 0 Å². The lowest BCUT2D eigenvalue weighted by atomic mass is 10.1. The zero-order chi connectivity index (χ0) is 21.1. The number of nitrogens with one attached hydrogen (secondary N) is 1. The van der Waals surface area contributed by atoms with Crippen molar-refractivity contribution in [3.63, 3.8) is 0 Å². The fourth-order valence-corrected chi connectivity index (χ4v) is 4.43. The maximum atomic E-state index is 12.8. The molecule has 10 nitrogen and oxygen atoms in total. The van der Waals surface area contributed by atoms with Gasteiger partial charge in [-0.15, -0.1) is 11.8 Å². The summed E-state index contributed by atoms with van der Waals surface area (Å²) in [6.45, 7) is -0.389. The minimum Gasteiger partial charge on any atom is -0.497 e. The predicted molar refractivity (Wildman–Crippen MR) is 104 cm³/mol. The molecule has 29 heavy (non-hydrogen) atoms. The molecule has 1 aliphatic rings. The summed E-state index contributed by atoms with van der Waals surface area (Å²) in [5, 5.41) is 18.5. The fraction of sp³-hybridized carbons (Fsp3) is 0.389. The van der Waals surface area contributed by atoms with Gasteiger partial charge in [0.05, 0.1) is 26.1 Å². The third kappa shape index (κ3) is 4.16. The number of aromatic amines is 1. The minimum absolute atomic E-state index is 0.102. The SMILES string of the molecule is COc1ccc(C(=O)O[C@@H]2[C@H](O)[C@@H](CO)S[C@H]2n2ccc(=O)[nH]c2=O)c(OC)c1. The fourth-order valence-electron chi connectivity index (χ4n) is 3.00. The van der Waals surface area contributed by atoms with Gasteiger partial charge in [-0.2, -0.15) is 0 Å². The van der Waals surface area contributed by atoms with E-state index in [4.69, 9.17) is 14.2 Å². The number of hydrogen-bond acceptors (Lipinski definition) is 9. The number of aliphatic hydroxyl groups is 2. The average Bonchev–Trinajstić information content (AvgIpc) is 3.02. The van der Waals surface area contributed by atoms with Gasteiger partial charge in [0.25, 0.3) is 5.56 Å². The molecule has 1 fully saturated rings. The second-order valence-electron chi connectivity index (χ2n) is 6.19. The lowest BCUT2D eigenvalue weighted by molar-refractivity contribution is -0.0237. The number of carbonyl (C=O) groups is 1. The number of hydrogen-bond donors (Lipinski definition) is 3. The van der Waals surface area contributed by atoms with Crippen LogP contribution in [0.15, 0.2) is 40.1 Å². The van der Waals surface area contributed by atoms with Crippen molar-refractivity contribution in [1.29, 1.82) is 0 Å². The van der Waals surface area contributed by atoms with E-state index < -0.39 is 40.1 Å². The second kappa shape index (κ2) is 8.72. The van der Waals surface area contributed by atoms with Crippen LogP contribution in [0.4, 0.5) is 0 Å². The molecule has 156 valence electrons. The highest BCUT2D eigenvalue weighted by Crippen LogP contribution is 2.43. The summed E-state index contributed by atoms with van der Waals surface area (Å²) in [5.74, 6) is -0.0888. The summed E-state index contributed by atoms with van der Waals surface area (Å²) >= 11 is 1.07. The molecule has 0 bridgehead atoms. The molecule has 2 aromatic rings. The van der Waals surface area contributed by atoms with Gasteiger partial charge >= 0.3 is 11.7 Å². The molecule has 3 N–H and O–H groups in total. The molecule has 11 heteroatoms. The third-order valence-electron chi connectivity index (χ3n) is 4.49. The molecule has 0 saturated carbocycles. The van der Waals surface area contributed by atoms with Gasteiger partial charge in [0.2, 0.25) is 0 Å². The molecule has 0 amide bonds. The Bertz CT molecular complexity index is 1000.